The Hall–Kier alpha value is -2.93. The van der Waals surface area contributed by atoms with Crippen LogP contribution in [0.5, 0.6) is 17.2 Å². The fourth-order valence-electron chi connectivity index (χ4n) is 2.65. The van der Waals surface area contributed by atoms with E-state index < -0.39 is 6.23 Å². The maximum atomic E-state index is 11.9. The van der Waals surface area contributed by atoms with Gasteiger partial charge in [0.15, 0.2) is 18.1 Å². The van der Waals surface area contributed by atoms with E-state index in [1.54, 1.807) is 36.4 Å². The Morgan fingerprint density at radius 1 is 1.27 bits per heavy atom. The van der Waals surface area contributed by atoms with Gasteiger partial charge in [-0.25, -0.2) is 0 Å². The highest BCUT2D eigenvalue weighted by molar-refractivity contribution is 6.30. The summed E-state index contributed by atoms with van der Waals surface area (Å²) in [6.07, 6.45) is -0.665. The summed E-state index contributed by atoms with van der Waals surface area (Å²) in [6, 6.07) is 12.4. The number of hydrogen-bond donors (Lipinski definition) is 0. The molecule has 1 amide bonds. The fourth-order valence-corrected chi connectivity index (χ4v) is 2.85. The molecule has 134 valence electrons. The average molecular weight is 375 g/mol. The molecule has 0 saturated heterocycles. The van der Waals surface area contributed by atoms with Crippen molar-refractivity contribution in [2.45, 2.75) is 13.2 Å². The summed E-state index contributed by atoms with van der Waals surface area (Å²) in [5, 5.41) is 6.04. The van der Waals surface area contributed by atoms with E-state index in [2.05, 4.69) is 5.10 Å². The molecule has 2 aromatic carbocycles. The Bertz CT molecular complexity index is 886. The third-order valence-electron chi connectivity index (χ3n) is 3.85. The van der Waals surface area contributed by atoms with E-state index in [1.807, 2.05) is 6.07 Å². The standard InChI is InChI=1S/C18H15ClN2O5/c1-11(22)21-18(12-3-2-4-13(19)7-12)26-17(20-21)9-23-14-5-6-15-16(8-14)25-10-24-15/h2-8,18H,9-10H2,1H3/t18-/m1/s1. The van der Waals surface area contributed by atoms with E-state index in [0.29, 0.717) is 28.2 Å². The first-order chi connectivity index (χ1) is 12.6. The van der Waals surface area contributed by atoms with Crippen LogP contribution in [-0.2, 0) is 9.53 Å². The van der Waals surface area contributed by atoms with Crippen LogP contribution in [0.15, 0.2) is 47.6 Å². The lowest BCUT2D eigenvalue weighted by Gasteiger charge is -2.19. The molecule has 2 heterocycles. The number of ether oxygens (including phenoxy) is 4. The number of fused-ring (bicyclic) bond motifs is 1. The Labute approximate surface area is 154 Å². The van der Waals surface area contributed by atoms with Crippen molar-refractivity contribution >= 4 is 23.4 Å². The van der Waals surface area contributed by atoms with Crippen molar-refractivity contribution in [2.75, 3.05) is 13.4 Å². The molecular weight excluding hydrogens is 360 g/mol. The average Bonchev–Trinajstić information content (AvgIpc) is 3.26. The first-order valence-corrected chi connectivity index (χ1v) is 8.30. The summed E-state index contributed by atoms with van der Waals surface area (Å²) < 4.78 is 22.1. The predicted octanol–water partition coefficient (Wildman–Crippen LogP) is 3.34. The second-order valence-electron chi connectivity index (χ2n) is 5.69. The molecule has 0 aliphatic carbocycles. The van der Waals surface area contributed by atoms with Gasteiger partial charge in [0.2, 0.25) is 24.8 Å². The van der Waals surface area contributed by atoms with Crippen LogP contribution in [0.1, 0.15) is 18.7 Å². The first kappa shape index (κ1) is 16.5. The van der Waals surface area contributed by atoms with Crippen LogP contribution in [0.2, 0.25) is 5.02 Å². The minimum atomic E-state index is -0.665. The molecule has 0 N–H and O–H groups in total. The third-order valence-corrected chi connectivity index (χ3v) is 4.09. The molecule has 2 aliphatic rings. The summed E-state index contributed by atoms with van der Waals surface area (Å²) in [5.41, 5.74) is 0.731. The Morgan fingerprint density at radius 2 is 2.12 bits per heavy atom. The van der Waals surface area contributed by atoms with Crippen molar-refractivity contribution in [1.82, 2.24) is 5.01 Å². The molecule has 0 saturated carbocycles. The SMILES string of the molecule is CC(=O)N1N=C(COc2ccc3c(c2)OCO3)O[C@@H]1c1cccc(Cl)c1. The lowest BCUT2D eigenvalue weighted by atomic mass is 10.2. The highest BCUT2D eigenvalue weighted by Crippen LogP contribution is 2.35. The zero-order valence-corrected chi connectivity index (χ0v) is 14.6. The summed E-state index contributed by atoms with van der Waals surface area (Å²) in [5.74, 6) is 1.94. The second-order valence-corrected chi connectivity index (χ2v) is 6.12. The van der Waals surface area contributed by atoms with Gasteiger partial charge in [-0.2, -0.15) is 5.01 Å². The molecule has 1 atom stereocenters. The Balaban J connectivity index is 1.47. The largest absolute Gasteiger partial charge is 0.484 e. The van der Waals surface area contributed by atoms with Gasteiger partial charge in [-0.05, 0) is 24.3 Å². The minimum absolute atomic E-state index is 0.0699. The van der Waals surface area contributed by atoms with Crippen molar-refractivity contribution in [3.05, 3.63) is 53.1 Å². The van der Waals surface area contributed by atoms with Gasteiger partial charge in [-0.1, -0.05) is 23.7 Å². The molecule has 0 spiro atoms. The first-order valence-electron chi connectivity index (χ1n) is 7.92. The zero-order chi connectivity index (χ0) is 18.1. The van der Waals surface area contributed by atoms with Gasteiger partial charge in [0.25, 0.3) is 0 Å². The summed E-state index contributed by atoms with van der Waals surface area (Å²) in [6.45, 7) is 1.69. The molecule has 4 rings (SSSR count). The number of nitrogens with zero attached hydrogens (tertiary/aromatic N) is 2. The van der Waals surface area contributed by atoms with Gasteiger partial charge in [-0.3, -0.25) is 4.79 Å². The summed E-state index contributed by atoms with van der Waals surface area (Å²) in [7, 11) is 0. The van der Waals surface area contributed by atoms with Crippen molar-refractivity contribution in [2.24, 2.45) is 5.10 Å². The molecule has 8 heteroatoms. The molecule has 0 aromatic heterocycles. The maximum absolute atomic E-state index is 11.9. The highest BCUT2D eigenvalue weighted by atomic mass is 35.5. The van der Waals surface area contributed by atoms with Crippen LogP contribution in [0.4, 0.5) is 0 Å². The van der Waals surface area contributed by atoms with Gasteiger partial charge in [-0.15, -0.1) is 5.10 Å². The fraction of sp³-hybridized carbons (Fsp3) is 0.222. The van der Waals surface area contributed by atoms with Crippen LogP contribution in [0.3, 0.4) is 0 Å². The molecule has 0 fully saturated rings. The van der Waals surface area contributed by atoms with E-state index in [-0.39, 0.29) is 19.3 Å². The highest BCUT2D eigenvalue weighted by Gasteiger charge is 2.32. The normalized spacial score (nSPS) is 17.7. The lowest BCUT2D eigenvalue weighted by Crippen LogP contribution is -2.25. The monoisotopic (exact) mass is 374 g/mol. The number of carbonyl (C=O) groups is 1. The van der Waals surface area contributed by atoms with E-state index in [0.717, 1.165) is 5.56 Å². The molecular formula is C18H15ClN2O5. The topological polar surface area (TPSA) is 69.6 Å². The van der Waals surface area contributed by atoms with Gasteiger partial charge in [0.1, 0.15) is 5.75 Å². The van der Waals surface area contributed by atoms with Crippen LogP contribution < -0.4 is 14.2 Å². The number of carbonyl (C=O) groups excluding carboxylic acids is 1. The Kier molecular flexibility index (Phi) is 4.30. The second kappa shape index (κ2) is 6.76. The van der Waals surface area contributed by atoms with Crippen LogP contribution in [-0.4, -0.2) is 30.2 Å². The molecule has 0 bridgehead atoms. The smallest absolute Gasteiger partial charge is 0.247 e. The quantitative estimate of drug-likeness (QED) is 0.821. The lowest BCUT2D eigenvalue weighted by molar-refractivity contribution is -0.135. The van der Waals surface area contributed by atoms with E-state index in [1.165, 1.54) is 11.9 Å². The van der Waals surface area contributed by atoms with Crippen LogP contribution in [0, 0.1) is 0 Å². The van der Waals surface area contributed by atoms with E-state index >= 15 is 0 Å². The Morgan fingerprint density at radius 3 is 2.92 bits per heavy atom. The number of halogens is 1. The van der Waals surface area contributed by atoms with Crippen molar-refractivity contribution in [3.8, 4) is 17.2 Å². The van der Waals surface area contributed by atoms with Crippen molar-refractivity contribution < 1.29 is 23.7 Å². The van der Waals surface area contributed by atoms with Gasteiger partial charge in [0.05, 0.1) is 0 Å². The maximum Gasteiger partial charge on any atom is 0.247 e. The van der Waals surface area contributed by atoms with E-state index in [9.17, 15) is 4.79 Å². The van der Waals surface area contributed by atoms with Gasteiger partial charge >= 0.3 is 0 Å². The zero-order valence-electron chi connectivity index (χ0n) is 13.8. The third kappa shape index (κ3) is 3.25. The molecule has 2 aliphatic heterocycles. The summed E-state index contributed by atoms with van der Waals surface area (Å²) in [4.78, 5) is 11.9. The number of rotatable bonds is 4. The van der Waals surface area contributed by atoms with Gasteiger partial charge in [0, 0.05) is 23.6 Å². The summed E-state index contributed by atoms with van der Waals surface area (Å²) >= 11 is 6.03. The minimum Gasteiger partial charge on any atom is -0.484 e. The number of hydrogen-bond acceptors (Lipinski definition) is 6. The van der Waals surface area contributed by atoms with Crippen LogP contribution in [0.25, 0.3) is 0 Å². The van der Waals surface area contributed by atoms with Gasteiger partial charge < -0.3 is 18.9 Å². The molecule has 26 heavy (non-hydrogen) atoms. The van der Waals surface area contributed by atoms with E-state index in [4.69, 9.17) is 30.5 Å². The number of benzene rings is 2. The molecule has 0 radical (unpaired) electrons. The van der Waals surface area contributed by atoms with Crippen molar-refractivity contribution in [3.63, 3.8) is 0 Å². The van der Waals surface area contributed by atoms with Crippen LogP contribution >= 0.6 is 11.6 Å². The predicted molar refractivity (Wildman–Crippen MR) is 93.3 cm³/mol. The molecule has 0 unspecified atom stereocenters. The number of amides is 1. The van der Waals surface area contributed by atoms with Crippen molar-refractivity contribution in [1.29, 1.82) is 0 Å². The number of hydrazone groups is 1. The molecule has 7 nitrogen and oxygen atoms in total. The molecule has 2 aromatic rings.